The second kappa shape index (κ2) is 8.86. The summed E-state index contributed by atoms with van der Waals surface area (Å²) in [4.78, 5) is 16.7. The Labute approximate surface area is 160 Å². The predicted molar refractivity (Wildman–Crippen MR) is 104 cm³/mol. The van der Waals surface area contributed by atoms with Gasteiger partial charge in [0.25, 0.3) is 0 Å². The van der Waals surface area contributed by atoms with Crippen molar-refractivity contribution < 1.29 is 14.1 Å². The van der Waals surface area contributed by atoms with Gasteiger partial charge in [0, 0.05) is 44.4 Å². The number of amides is 1. The van der Waals surface area contributed by atoms with E-state index in [9.17, 15) is 4.79 Å². The molecule has 0 atom stereocenters. The number of hydrogen-bond donors (Lipinski definition) is 0. The first-order valence-corrected chi connectivity index (χ1v) is 9.40. The van der Waals surface area contributed by atoms with Gasteiger partial charge in [-0.3, -0.25) is 9.69 Å². The van der Waals surface area contributed by atoms with Gasteiger partial charge in [-0.2, -0.15) is 0 Å². The fourth-order valence-corrected chi connectivity index (χ4v) is 3.19. The van der Waals surface area contributed by atoms with E-state index in [1.165, 1.54) is 0 Å². The van der Waals surface area contributed by atoms with E-state index < -0.39 is 0 Å². The summed E-state index contributed by atoms with van der Waals surface area (Å²) in [6, 6.07) is 7.74. The highest BCUT2D eigenvalue weighted by Gasteiger charge is 2.21. The number of aromatic nitrogens is 1. The van der Waals surface area contributed by atoms with Crippen LogP contribution in [0, 0.1) is 13.8 Å². The average Bonchev–Trinajstić information content (AvgIpc) is 3.00. The zero-order chi connectivity index (χ0) is 19.2. The molecule has 3 rings (SSSR count). The van der Waals surface area contributed by atoms with E-state index in [2.05, 4.69) is 10.1 Å². The molecule has 6 nitrogen and oxygen atoms in total. The lowest BCUT2D eigenvalue weighted by Crippen LogP contribution is -2.47. The van der Waals surface area contributed by atoms with Crippen molar-refractivity contribution in [1.82, 2.24) is 15.0 Å². The molecule has 1 aliphatic heterocycles. The Kier molecular flexibility index (Phi) is 6.29. The SMILES string of the molecule is CCOc1ccc(/C=C\C(=O)N2CCN(Cc3c(C)noc3C)CC2)cc1. The molecule has 144 valence electrons. The van der Waals surface area contributed by atoms with E-state index in [1.54, 1.807) is 6.08 Å². The molecule has 0 radical (unpaired) electrons. The van der Waals surface area contributed by atoms with E-state index in [0.717, 1.165) is 61.1 Å². The van der Waals surface area contributed by atoms with Crippen molar-refractivity contribution in [3.63, 3.8) is 0 Å². The van der Waals surface area contributed by atoms with Gasteiger partial charge in [0.1, 0.15) is 11.5 Å². The van der Waals surface area contributed by atoms with Crippen molar-refractivity contribution in [3.8, 4) is 5.75 Å². The lowest BCUT2D eigenvalue weighted by molar-refractivity contribution is -0.127. The van der Waals surface area contributed by atoms with Crippen molar-refractivity contribution in [3.05, 3.63) is 52.9 Å². The Morgan fingerprint density at radius 1 is 1.19 bits per heavy atom. The molecule has 0 bridgehead atoms. The Hall–Kier alpha value is -2.60. The molecular weight excluding hydrogens is 342 g/mol. The third-order valence-corrected chi connectivity index (χ3v) is 4.86. The maximum atomic E-state index is 12.4. The summed E-state index contributed by atoms with van der Waals surface area (Å²) in [5.41, 5.74) is 3.10. The van der Waals surface area contributed by atoms with Gasteiger partial charge in [-0.25, -0.2) is 0 Å². The van der Waals surface area contributed by atoms with Gasteiger partial charge in [-0.15, -0.1) is 0 Å². The molecule has 1 amide bonds. The van der Waals surface area contributed by atoms with Gasteiger partial charge in [-0.05, 0) is 44.5 Å². The summed E-state index contributed by atoms with van der Waals surface area (Å²) in [6.07, 6.45) is 3.51. The smallest absolute Gasteiger partial charge is 0.246 e. The molecule has 1 aromatic heterocycles. The minimum Gasteiger partial charge on any atom is -0.494 e. The highest BCUT2D eigenvalue weighted by Crippen LogP contribution is 2.17. The lowest BCUT2D eigenvalue weighted by atomic mass is 10.1. The van der Waals surface area contributed by atoms with Crippen LogP contribution >= 0.6 is 0 Å². The van der Waals surface area contributed by atoms with Crippen LogP contribution in [0.5, 0.6) is 5.75 Å². The summed E-state index contributed by atoms with van der Waals surface area (Å²) >= 11 is 0. The van der Waals surface area contributed by atoms with Crippen molar-refractivity contribution in [2.24, 2.45) is 0 Å². The number of nitrogens with zero attached hydrogens (tertiary/aromatic N) is 3. The summed E-state index contributed by atoms with van der Waals surface area (Å²) in [7, 11) is 0. The number of piperazine rings is 1. The van der Waals surface area contributed by atoms with Crippen LogP contribution in [0.1, 0.15) is 29.5 Å². The number of carbonyl (C=O) groups is 1. The van der Waals surface area contributed by atoms with Gasteiger partial charge in [0.2, 0.25) is 5.91 Å². The molecule has 1 saturated heterocycles. The number of hydrogen-bond acceptors (Lipinski definition) is 5. The van der Waals surface area contributed by atoms with Gasteiger partial charge in [0.15, 0.2) is 0 Å². The number of aryl methyl sites for hydroxylation is 2. The van der Waals surface area contributed by atoms with E-state index in [1.807, 2.05) is 56.0 Å². The Balaban J connectivity index is 1.49. The molecule has 0 spiro atoms. The van der Waals surface area contributed by atoms with Gasteiger partial charge in [-0.1, -0.05) is 17.3 Å². The molecule has 1 fully saturated rings. The van der Waals surface area contributed by atoms with Crippen LogP contribution in [0.4, 0.5) is 0 Å². The number of benzene rings is 1. The van der Waals surface area contributed by atoms with Gasteiger partial charge >= 0.3 is 0 Å². The summed E-state index contributed by atoms with van der Waals surface area (Å²) in [5.74, 6) is 1.78. The summed E-state index contributed by atoms with van der Waals surface area (Å²) in [5, 5.41) is 4.01. The molecular formula is C21H27N3O3. The lowest BCUT2D eigenvalue weighted by Gasteiger charge is -2.34. The Morgan fingerprint density at radius 2 is 1.89 bits per heavy atom. The highest BCUT2D eigenvalue weighted by atomic mass is 16.5. The molecule has 0 aliphatic carbocycles. The first-order chi connectivity index (χ1) is 13.1. The standard InChI is InChI=1S/C21H27N3O3/c1-4-26-19-8-5-18(6-9-19)7-10-21(25)24-13-11-23(12-14-24)15-20-16(2)22-27-17(20)3/h5-10H,4,11-15H2,1-3H3/b10-7-. The number of ether oxygens (including phenoxy) is 1. The van der Waals surface area contributed by atoms with Crippen LogP contribution in [0.15, 0.2) is 34.9 Å². The van der Waals surface area contributed by atoms with Gasteiger partial charge in [0.05, 0.1) is 12.3 Å². The maximum Gasteiger partial charge on any atom is 0.246 e. The molecule has 2 heterocycles. The van der Waals surface area contributed by atoms with Crippen LogP contribution in [-0.4, -0.2) is 53.6 Å². The fraction of sp³-hybridized carbons (Fsp3) is 0.429. The predicted octanol–water partition coefficient (Wildman–Crippen LogP) is 3.05. The third-order valence-electron chi connectivity index (χ3n) is 4.86. The second-order valence-electron chi connectivity index (χ2n) is 6.74. The maximum absolute atomic E-state index is 12.4. The topological polar surface area (TPSA) is 58.8 Å². The zero-order valence-electron chi connectivity index (χ0n) is 16.3. The monoisotopic (exact) mass is 369 g/mol. The minimum atomic E-state index is 0.0564. The normalized spacial score (nSPS) is 15.4. The average molecular weight is 369 g/mol. The van der Waals surface area contributed by atoms with E-state index in [0.29, 0.717) is 6.61 Å². The van der Waals surface area contributed by atoms with Crippen molar-refractivity contribution in [2.45, 2.75) is 27.3 Å². The zero-order valence-corrected chi connectivity index (χ0v) is 16.3. The van der Waals surface area contributed by atoms with Crippen LogP contribution in [0.25, 0.3) is 6.08 Å². The molecule has 0 unspecified atom stereocenters. The highest BCUT2D eigenvalue weighted by molar-refractivity contribution is 5.91. The fourth-order valence-electron chi connectivity index (χ4n) is 3.19. The van der Waals surface area contributed by atoms with Crippen LogP contribution in [-0.2, 0) is 11.3 Å². The number of carbonyl (C=O) groups excluding carboxylic acids is 1. The molecule has 0 N–H and O–H groups in total. The molecule has 2 aromatic rings. The molecule has 0 saturated carbocycles. The van der Waals surface area contributed by atoms with Crippen LogP contribution in [0.3, 0.4) is 0 Å². The molecule has 27 heavy (non-hydrogen) atoms. The van der Waals surface area contributed by atoms with Crippen molar-refractivity contribution in [2.75, 3.05) is 32.8 Å². The first kappa shape index (κ1) is 19.2. The number of rotatable bonds is 6. The quantitative estimate of drug-likeness (QED) is 0.733. The minimum absolute atomic E-state index is 0.0564. The van der Waals surface area contributed by atoms with Crippen LogP contribution < -0.4 is 4.74 Å². The van der Waals surface area contributed by atoms with Crippen molar-refractivity contribution in [1.29, 1.82) is 0 Å². The summed E-state index contributed by atoms with van der Waals surface area (Å²) in [6.45, 7) is 10.5. The molecule has 1 aliphatic rings. The van der Waals surface area contributed by atoms with Crippen molar-refractivity contribution >= 4 is 12.0 Å². The second-order valence-corrected chi connectivity index (χ2v) is 6.74. The molecule has 1 aromatic carbocycles. The Bertz CT molecular complexity index is 768. The third kappa shape index (κ3) is 4.98. The van der Waals surface area contributed by atoms with Gasteiger partial charge < -0.3 is 14.2 Å². The Morgan fingerprint density at radius 3 is 2.48 bits per heavy atom. The largest absolute Gasteiger partial charge is 0.494 e. The first-order valence-electron chi connectivity index (χ1n) is 9.40. The van der Waals surface area contributed by atoms with E-state index in [-0.39, 0.29) is 5.91 Å². The van der Waals surface area contributed by atoms with Crippen LogP contribution in [0.2, 0.25) is 0 Å². The van der Waals surface area contributed by atoms with E-state index >= 15 is 0 Å². The van der Waals surface area contributed by atoms with E-state index in [4.69, 9.17) is 9.26 Å². The molecule has 6 heteroatoms. The summed E-state index contributed by atoms with van der Waals surface area (Å²) < 4.78 is 10.7.